The van der Waals surface area contributed by atoms with E-state index in [-0.39, 0.29) is 13.0 Å². The van der Waals surface area contributed by atoms with Gasteiger partial charge in [0.1, 0.15) is 5.75 Å². The molecule has 0 fully saturated rings. The standard InChI is InChI=1S/C19H27N3O5S/c1-3-4-5-8-17-20-19(27-21-17)14-26-16-12-10-15(11-13-16)7-6-9-18(23)22-28(2,24)25/h10-13H,3-9,14H2,1-2H3,(H,22,23). The van der Waals surface area contributed by atoms with Gasteiger partial charge in [0.15, 0.2) is 12.4 Å². The summed E-state index contributed by atoms with van der Waals surface area (Å²) < 4.78 is 34.7. The molecule has 0 atom stereocenters. The lowest BCUT2D eigenvalue weighted by Gasteiger charge is -2.06. The molecule has 0 bridgehead atoms. The minimum atomic E-state index is -3.49. The summed E-state index contributed by atoms with van der Waals surface area (Å²) in [6.45, 7) is 2.36. The van der Waals surface area contributed by atoms with E-state index >= 15 is 0 Å². The Balaban J connectivity index is 1.71. The molecule has 0 aliphatic carbocycles. The van der Waals surface area contributed by atoms with Crippen molar-refractivity contribution < 1.29 is 22.5 Å². The summed E-state index contributed by atoms with van der Waals surface area (Å²) in [5.41, 5.74) is 1.04. The van der Waals surface area contributed by atoms with Gasteiger partial charge in [0.2, 0.25) is 15.9 Å². The molecule has 154 valence electrons. The van der Waals surface area contributed by atoms with Crippen molar-refractivity contribution in [3.05, 3.63) is 41.5 Å². The number of sulfonamides is 1. The number of nitrogens with zero attached hydrogens (tertiary/aromatic N) is 2. The van der Waals surface area contributed by atoms with Gasteiger partial charge in [-0.05, 0) is 37.0 Å². The maximum absolute atomic E-state index is 11.5. The molecule has 0 unspecified atom stereocenters. The van der Waals surface area contributed by atoms with E-state index in [0.29, 0.717) is 30.3 Å². The van der Waals surface area contributed by atoms with E-state index in [1.807, 2.05) is 29.0 Å². The summed E-state index contributed by atoms with van der Waals surface area (Å²) >= 11 is 0. The van der Waals surface area contributed by atoms with Crippen molar-refractivity contribution >= 4 is 15.9 Å². The van der Waals surface area contributed by atoms with Crippen LogP contribution in [0.1, 0.15) is 56.3 Å². The molecular formula is C19H27N3O5S. The molecule has 1 amide bonds. The van der Waals surface area contributed by atoms with Gasteiger partial charge in [-0.25, -0.2) is 8.42 Å². The number of ether oxygens (including phenoxy) is 1. The highest BCUT2D eigenvalue weighted by molar-refractivity contribution is 7.89. The number of hydrogen-bond acceptors (Lipinski definition) is 7. The van der Waals surface area contributed by atoms with E-state index in [1.165, 1.54) is 0 Å². The summed E-state index contributed by atoms with van der Waals surface area (Å²) in [4.78, 5) is 15.8. The smallest absolute Gasteiger partial charge is 0.264 e. The Kier molecular flexibility index (Phi) is 8.43. The van der Waals surface area contributed by atoms with E-state index in [0.717, 1.165) is 37.5 Å². The molecule has 9 heteroatoms. The molecule has 1 aromatic heterocycles. The predicted octanol–water partition coefficient (Wildman–Crippen LogP) is 2.78. The van der Waals surface area contributed by atoms with Crippen LogP contribution in [-0.2, 0) is 34.3 Å². The number of amides is 1. The lowest BCUT2D eigenvalue weighted by atomic mass is 10.1. The Morgan fingerprint density at radius 1 is 1.14 bits per heavy atom. The van der Waals surface area contributed by atoms with Crippen molar-refractivity contribution in [2.24, 2.45) is 0 Å². The first-order valence-electron chi connectivity index (χ1n) is 9.39. The van der Waals surface area contributed by atoms with Gasteiger partial charge in [0.05, 0.1) is 6.26 Å². The third kappa shape index (κ3) is 8.51. The van der Waals surface area contributed by atoms with Gasteiger partial charge in [0.25, 0.3) is 5.89 Å². The third-order valence-electron chi connectivity index (χ3n) is 3.97. The minimum Gasteiger partial charge on any atom is -0.484 e. The number of hydrogen-bond donors (Lipinski definition) is 1. The number of aromatic nitrogens is 2. The molecule has 2 rings (SSSR count). The van der Waals surface area contributed by atoms with Crippen molar-refractivity contribution in [3.8, 4) is 5.75 Å². The van der Waals surface area contributed by atoms with Gasteiger partial charge >= 0.3 is 0 Å². The number of unbranched alkanes of at least 4 members (excludes halogenated alkanes) is 2. The van der Waals surface area contributed by atoms with Gasteiger partial charge in [-0.2, -0.15) is 4.98 Å². The van der Waals surface area contributed by atoms with Crippen LogP contribution < -0.4 is 9.46 Å². The molecule has 0 saturated heterocycles. The summed E-state index contributed by atoms with van der Waals surface area (Å²) in [5, 5.41) is 3.95. The van der Waals surface area contributed by atoms with E-state index in [2.05, 4.69) is 17.1 Å². The lowest BCUT2D eigenvalue weighted by molar-refractivity contribution is -0.119. The second-order valence-corrected chi connectivity index (χ2v) is 8.39. The largest absolute Gasteiger partial charge is 0.484 e. The quantitative estimate of drug-likeness (QED) is 0.537. The molecule has 1 aromatic carbocycles. The molecule has 0 saturated carbocycles. The van der Waals surface area contributed by atoms with E-state index in [9.17, 15) is 13.2 Å². The van der Waals surface area contributed by atoms with Crippen LogP contribution in [0, 0.1) is 0 Å². The number of benzene rings is 1. The van der Waals surface area contributed by atoms with Crippen molar-refractivity contribution in [2.45, 2.75) is 58.5 Å². The monoisotopic (exact) mass is 409 g/mol. The Morgan fingerprint density at radius 3 is 2.57 bits per heavy atom. The molecule has 2 aromatic rings. The van der Waals surface area contributed by atoms with Crippen molar-refractivity contribution in [2.75, 3.05) is 6.26 Å². The van der Waals surface area contributed by atoms with Gasteiger partial charge in [-0.15, -0.1) is 0 Å². The molecule has 1 N–H and O–H groups in total. The predicted molar refractivity (Wildman–Crippen MR) is 104 cm³/mol. The van der Waals surface area contributed by atoms with Gasteiger partial charge < -0.3 is 9.26 Å². The maximum Gasteiger partial charge on any atom is 0.264 e. The summed E-state index contributed by atoms with van der Waals surface area (Å²) in [6, 6.07) is 7.50. The molecular weight excluding hydrogens is 382 g/mol. The molecule has 28 heavy (non-hydrogen) atoms. The SMILES string of the molecule is CCCCCc1noc(COc2ccc(CCCC(=O)NS(C)(=O)=O)cc2)n1. The van der Waals surface area contributed by atoms with Crippen LogP contribution in [0.15, 0.2) is 28.8 Å². The first-order chi connectivity index (χ1) is 13.4. The van der Waals surface area contributed by atoms with Crippen LogP contribution in [0.5, 0.6) is 5.75 Å². The summed E-state index contributed by atoms with van der Waals surface area (Å²) in [6.07, 6.45) is 6.51. The topological polar surface area (TPSA) is 111 Å². The van der Waals surface area contributed by atoms with Gasteiger partial charge in [0, 0.05) is 12.8 Å². The Bertz CT molecular complexity index is 847. The zero-order valence-corrected chi connectivity index (χ0v) is 17.1. The second-order valence-electron chi connectivity index (χ2n) is 6.65. The van der Waals surface area contributed by atoms with E-state index in [1.54, 1.807) is 0 Å². The Labute approximate surface area is 165 Å². The van der Waals surface area contributed by atoms with Crippen LogP contribution in [-0.4, -0.2) is 30.7 Å². The fourth-order valence-electron chi connectivity index (χ4n) is 2.59. The van der Waals surface area contributed by atoms with Gasteiger partial charge in [-0.3, -0.25) is 9.52 Å². The fraction of sp³-hybridized carbons (Fsp3) is 0.526. The third-order valence-corrected chi connectivity index (χ3v) is 4.57. The molecule has 1 heterocycles. The van der Waals surface area contributed by atoms with E-state index in [4.69, 9.17) is 9.26 Å². The molecule has 8 nitrogen and oxygen atoms in total. The van der Waals surface area contributed by atoms with Crippen LogP contribution in [0.2, 0.25) is 0 Å². The minimum absolute atomic E-state index is 0.156. The normalized spacial score (nSPS) is 11.4. The van der Waals surface area contributed by atoms with Crippen LogP contribution in [0.4, 0.5) is 0 Å². The summed E-state index contributed by atoms with van der Waals surface area (Å²) in [7, 11) is -3.49. The average Bonchev–Trinajstić information content (AvgIpc) is 3.08. The number of carbonyl (C=O) groups excluding carboxylic acids is 1. The molecule has 0 aliphatic rings. The number of nitrogens with one attached hydrogen (secondary N) is 1. The Morgan fingerprint density at radius 2 is 1.89 bits per heavy atom. The average molecular weight is 410 g/mol. The number of aryl methyl sites for hydroxylation is 2. The lowest BCUT2D eigenvalue weighted by Crippen LogP contribution is -2.29. The second kappa shape index (κ2) is 10.8. The highest BCUT2D eigenvalue weighted by atomic mass is 32.2. The van der Waals surface area contributed by atoms with Crippen molar-refractivity contribution in [1.82, 2.24) is 14.9 Å². The van der Waals surface area contributed by atoms with Gasteiger partial charge in [-0.1, -0.05) is 37.1 Å². The van der Waals surface area contributed by atoms with Crippen molar-refractivity contribution in [1.29, 1.82) is 0 Å². The molecule has 0 aliphatic heterocycles. The zero-order chi connectivity index (χ0) is 20.4. The zero-order valence-electron chi connectivity index (χ0n) is 16.3. The number of rotatable bonds is 12. The van der Waals surface area contributed by atoms with Crippen LogP contribution in [0.3, 0.4) is 0 Å². The molecule has 0 spiro atoms. The fourth-order valence-corrected chi connectivity index (χ4v) is 3.11. The Hall–Kier alpha value is -2.42. The number of carbonyl (C=O) groups is 1. The highest BCUT2D eigenvalue weighted by Crippen LogP contribution is 2.15. The van der Waals surface area contributed by atoms with Crippen LogP contribution in [0.25, 0.3) is 0 Å². The van der Waals surface area contributed by atoms with E-state index < -0.39 is 15.9 Å². The maximum atomic E-state index is 11.5. The first-order valence-corrected chi connectivity index (χ1v) is 11.3. The summed E-state index contributed by atoms with van der Waals surface area (Å²) in [5.74, 6) is 1.36. The highest BCUT2D eigenvalue weighted by Gasteiger charge is 2.09. The van der Waals surface area contributed by atoms with Crippen LogP contribution >= 0.6 is 0 Å². The first kappa shape index (κ1) is 21.9. The molecule has 0 radical (unpaired) electrons. The van der Waals surface area contributed by atoms with Crippen molar-refractivity contribution in [3.63, 3.8) is 0 Å².